The summed E-state index contributed by atoms with van der Waals surface area (Å²) < 4.78 is 5.20. The Labute approximate surface area is 98.4 Å². The van der Waals surface area contributed by atoms with Crippen molar-refractivity contribution in [1.29, 1.82) is 0 Å². The molecule has 0 fully saturated rings. The number of amides is 1. The molecule has 0 spiro atoms. The lowest BCUT2D eigenvalue weighted by atomic mass is 9.99. The van der Waals surface area contributed by atoms with E-state index in [1.54, 1.807) is 7.11 Å². The van der Waals surface area contributed by atoms with Crippen LogP contribution in [0.15, 0.2) is 0 Å². The van der Waals surface area contributed by atoms with Crippen LogP contribution in [0, 0.1) is 5.92 Å². The fourth-order valence-electron chi connectivity index (χ4n) is 1.43. The van der Waals surface area contributed by atoms with E-state index in [2.05, 4.69) is 5.32 Å². The Hall–Kier alpha value is -0.610. The Morgan fingerprint density at radius 3 is 2.38 bits per heavy atom. The number of hydrogen-bond donors (Lipinski definition) is 2. The van der Waals surface area contributed by atoms with E-state index in [9.17, 15) is 4.79 Å². The normalized spacial score (nSPS) is 13.9. The van der Waals surface area contributed by atoms with Gasteiger partial charge in [-0.2, -0.15) is 0 Å². The van der Waals surface area contributed by atoms with Gasteiger partial charge in [0.25, 0.3) is 0 Å². The number of carbonyl (C=O) groups is 1. The lowest BCUT2D eigenvalue weighted by Crippen LogP contribution is -2.42. The molecule has 1 atom stereocenters. The molecule has 0 aromatic rings. The lowest BCUT2D eigenvalue weighted by molar-refractivity contribution is -0.127. The molecule has 0 aliphatic carbocycles. The highest BCUT2D eigenvalue weighted by molar-refractivity contribution is 5.77. The number of ether oxygens (including phenoxy) is 1. The molecule has 0 aliphatic rings. The van der Waals surface area contributed by atoms with Crippen molar-refractivity contribution in [3.8, 4) is 0 Å². The summed E-state index contributed by atoms with van der Waals surface area (Å²) in [7, 11) is 1.60. The number of carbonyl (C=O) groups excluding carboxylic acids is 1. The first-order chi connectivity index (χ1) is 7.32. The zero-order chi connectivity index (χ0) is 12.8. The van der Waals surface area contributed by atoms with Crippen molar-refractivity contribution in [1.82, 2.24) is 5.32 Å². The summed E-state index contributed by atoms with van der Waals surface area (Å²) >= 11 is 0. The molecule has 0 heterocycles. The minimum absolute atomic E-state index is 0.0287. The van der Waals surface area contributed by atoms with Gasteiger partial charge in [-0.05, 0) is 26.2 Å². The van der Waals surface area contributed by atoms with Crippen LogP contribution >= 0.6 is 0 Å². The van der Waals surface area contributed by atoms with Crippen molar-refractivity contribution in [2.45, 2.75) is 52.2 Å². The van der Waals surface area contributed by atoms with Gasteiger partial charge in [-0.25, -0.2) is 0 Å². The van der Waals surface area contributed by atoms with Gasteiger partial charge < -0.3 is 15.2 Å². The van der Waals surface area contributed by atoms with E-state index in [0.29, 0.717) is 18.8 Å². The van der Waals surface area contributed by atoms with Crippen LogP contribution in [0.1, 0.15) is 40.5 Å². The summed E-state index contributed by atoms with van der Waals surface area (Å²) in [5.74, 6) is 0.292. The molecule has 0 aliphatic heterocycles. The van der Waals surface area contributed by atoms with E-state index in [-0.39, 0.29) is 18.6 Å². The second-order valence-electron chi connectivity index (χ2n) is 5.07. The van der Waals surface area contributed by atoms with Crippen molar-refractivity contribution < 1.29 is 14.6 Å². The zero-order valence-electron chi connectivity index (χ0n) is 11.0. The van der Waals surface area contributed by atoms with Crippen LogP contribution in [-0.2, 0) is 9.53 Å². The Morgan fingerprint density at radius 1 is 1.44 bits per heavy atom. The maximum atomic E-state index is 11.7. The lowest BCUT2D eigenvalue weighted by Gasteiger charge is -2.26. The summed E-state index contributed by atoms with van der Waals surface area (Å²) in [4.78, 5) is 11.7. The Bertz CT molecular complexity index is 214. The van der Waals surface area contributed by atoms with Crippen molar-refractivity contribution in [3.63, 3.8) is 0 Å². The summed E-state index contributed by atoms with van der Waals surface area (Å²) in [5, 5.41) is 11.8. The molecule has 96 valence electrons. The van der Waals surface area contributed by atoms with Gasteiger partial charge in [-0.15, -0.1) is 0 Å². The third-order valence-electron chi connectivity index (χ3n) is 2.73. The Balaban J connectivity index is 4.20. The molecule has 0 saturated heterocycles. The van der Waals surface area contributed by atoms with E-state index in [0.717, 1.165) is 0 Å². The predicted molar refractivity (Wildman–Crippen MR) is 64.2 cm³/mol. The molecule has 0 rings (SSSR count). The molecule has 0 saturated carbocycles. The fraction of sp³-hybridized carbons (Fsp3) is 0.917. The fourth-order valence-corrected chi connectivity index (χ4v) is 1.43. The van der Waals surface area contributed by atoms with Gasteiger partial charge in [-0.3, -0.25) is 4.79 Å². The van der Waals surface area contributed by atoms with Crippen LogP contribution in [0.4, 0.5) is 0 Å². The molecule has 2 N–H and O–H groups in total. The average Bonchev–Trinajstić information content (AvgIpc) is 2.16. The van der Waals surface area contributed by atoms with Crippen LogP contribution in [0.5, 0.6) is 0 Å². The molecule has 16 heavy (non-hydrogen) atoms. The zero-order valence-corrected chi connectivity index (χ0v) is 11.0. The smallest absolute Gasteiger partial charge is 0.223 e. The molecule has 0 aromatic carbocycles. The molecular weight excluding hydrogens is 206 g/mol. The van der Waals surface area contributed by atoms with Crippen LogP contribution in [0.25, 0.3) is 0 Å². The highest BCUT2D eigenvalue weighted by Crippen LogP contribution is 2.13. The maximum Gasteiger partial charge on any atom is 0.223 e. The first kappa shape index (κ1) is 15.4. The molecule has 4 nitrogen and oxygen atoms in total. The highest BCUT2D eigenvalue weighted by Gasteiger charge is 2.23. The SMILES string of the molecule is COC(C)(C)CC(=O)NC(CCO)C(C)C. The third kappa shape index (κ3) is 6.08. The molecule has 0 radical (unpaired) electrons. The Morgan fingerprint density at radius 2 is 2.00 bits per heavy atom. The minimum Gasteiger partial charge on any atom is -0.396 e. The second kappa shape index (κ2) is 6.86. The van der Waals surface area contributed by atoms with Gasteiger partial charge in [0.15, 0.2) is 0 Å². The monoisotopic (exact) mass is 231 g/mol. The molecular formula is C12H25NO3. The number of aliphatic hydroxyl groups excluding tert-OH is 1. The standard InChI is InChI=1S/C12H25NO3/c1-9(2)10(6-7-14)13-11(15)8-12(3,4)16-5/h9-10,14H,6-8H2,1-5H3,(H,13,15). The summed E-state index contributed by atoms with van der Waals surface area (Å²) in [6.07, 6.45) is 0.926. The van der Waals surface area contributed by atoms with Crippen molar-refractivity contribution in [3.05, 3.63) is 0 Å². The van der Waals surface area contributed by atoms with Crippen LogP contribution in [0.2, 0.25) is 0 Å². The van der Waals surface area contributed by atoms with E-state index in [4.69, 9.17) is 9.84 Å². The molecule has 0 aromatic heterocycles. The topological polar surface area (TPSA) is 58.6 Å². The largest absolute Gasteiger partial charge is 0.396 e. The first-order valence-electron chi connectivity index (χ1n) is 5.77. The predicted octanol–water partition coefficient (Wildman–Crippen LogP) is 1.32. The van der Waals surface area contributed by atoms with E-state index < -0.39 is 5.60 Å². The minimum atomic E-state index is -0.440. The maximum absolute atomic E-state index is 11.7. The highest BCUT2D eigenvalue weighted by atomic mass is 16.5. The van der Waals surface area contributed by atoms with E-state index in [1.807, 2.05) is 27.7 Å². The molecule has 4 heteroatoms. The third-order valence-corrected chi connectivity index (χ3v) is 2.73. The van der Waals surface area contributed by atoms with Crippen molar-refractivity contribution in [2.75, 3.05) is 13.7 Å². The van der Waals surface area contributed by atoms with E-state index in [1.165, 1.54) is 0 Å². The van der Waals surface area contributed by atoms with Gasteiger partial charge in [-0.1, -0.05) is 13.8 Å². The van der Waals surface area contributed by atoms with Gasteiger partial charge in [0.05, 0.1) is 12.0 Å². The number of hydrogen-bond acceptors (Lipinski definition) is 3. The van der Waals surface area contributed by atoms with Crippen molar-refractivity contribution >= 4 is 5.91 Å². The van der Waals surface area contributed by atoms with Gasteiger partial charge in [0, 0.05) is 19.8 Å². The van der Waals surface area contributed by atoms with Gasteiger partial charge >= 0.3 is 0 Å². The van der Waals surface area contributed by atoms with E-state index >= 15 is 0 Å². The molecule has 1 amide bonds. The summed E-state index contributed by atoms with van der Waals surface area (Å²) in [5.41, 5.74) is -0.440. The van der Waals surface area contributed by atoms with Crippen LogP contribution in [0.3, 0.4) is 0 Å². The van der Waals surface area contributed by atoms with Crippen molar-refractivity contribution in [2.24, 2.45) is 5.92 Å². The second-order valence-corrected chi connectivity index (χ2v) is 5.07. The first-order valence-corrected chi connectivity index (χ1v) is 5.77. The number of methoxy groups -OCH3 is 1. The average molecular weight is 231 g/mol. The number of aliphatic hydroxyl groups is 1. The van der Waals surface area contributed by atoms with Gasteiger partial charge in [0.1, 0.15) is 0 Å². The summed E-state index contributed by atoms with van der Waals surface area (Å²) in [6, 6.07) is 0.0326. The van der Waals surface area contributed by atoms with Crippen LogP contribution in [-0.4, -0.2) is 36.4 Å². The Kier molecular flexibility index (Phi) is 6.60. The van der Waals surface area contributed by atoms with Gasteiger partial charge in [0.2, 0.25) is 5.91 Å². The quantitative estimate of drug-likeness (QED) is 0.695. The molecule has 0 bridgehead atoms. The molecule has 1 unspecified atom stereocenters. The number of rotatable bonds is 7. The summed E-state index contributed by atoms with van der Waals surface area (Å²) in [6.45, 7) is 7.91. The van der Waals surface area contributed by atoms with Crippen LogP contribution < -0.4 is 5.32 Å². The number of nitrogens with one attached hydrogen (secondary N) is 1.